The quantitative estimate of drug-likeness (QED) is 0.702. The van der Waals surface area contributed by atoms with Crippen molar-refractivity contribution in [2.45, 2.75) is 13.0 Å². The molecule has 1 aromatic carbocycles. The van der Waals surface area contributed by atoms with Gasteiger partial charge in [0.1, 0.15) is 11.5 Å². The number of phenols is 1. The lowest BCUT2D eigenvalue weighted by molar-refractivity contribution is 0.195. The Morgan fingerprint density at radius 1 is 1.42 bits per heavy atom. The molecule has 1 atom stereocenters. The first-order chi connectivity index (χ1) is 5.65. The lowest BCUT2D eigenvalue weighted by Crippen LogP contribution is -1.92. The van der Waals surface area contributed by atoms with Gasteiger partial charge in [-0.25, -0.2) is 0 Å². The van der Waals surface area contributed by atoms with Crippen molar-refractivity contribution >= 4 is 0 Å². The zero-order valence-electron chi connectivity index (χ0n) is 7.11. The van der Waals surface area contributed by atoms with Crippen LogP contribution in [0.4, 0.5) is 0 Å². The summed E-state index contributed by atoms with van der Waals surface area (Å²) in [6, 6.07) is 4.81. The predicted octanol–water partition coefficient (Wildman–Crippen LogP) is 1.45. The summed E-state index contributed by atoms with van der Waals surface area (Å²) in [4.78, 5) is 0. The predicted molar refractivity (Wildman–Crippen MR) is 45.3 cm³/mol. The number of ether oxygens (including phenoxy) is 1. The molecule has 0 heterocycles. The maximum atomic E-state index is 9.35. The van der Waals surface area contributed by atoms with Gasteiger partial charge in [-0.15, -0.1) is 0 Å². The van der Waals surface area contributed by atoms with Crippen molar-refractivity contribution in [3.63, 3.8) is 0 Å². The van der Waals surface area contributed by atoms with E-state index in [4.69, 9.17) is 9.84 Å². The van der Waals surface area contributed by atoms with Crippen molar-refractivity contribution in [3.05, 3.63) is 23.8 Å². The maximum absolute atomic E-state index is 9.35. The van der Waals surface area contributed by atoms with Crippen LogP contribution in [0.15, 0.2) is 18.2 Å². The highest BCUT2D eigenvalue weighted by atomic mass is 16.5. The van der Waals surface area contributed by atoms with Gasteiger partial charge in [-0.05, 0) is 19.1 Å². The number of hydrogen-bond donors (Lipinski definition) is 2. The molecule has 3 heteroatoms. The van der Waals surface area contributed by atoms with Gasteiger partial charge >= 0.3 is 0 Å². The molecule has 0 aromatic heterocycles. The number of phenolic OH excluding ortho intramolecular Hbond substituents is 1. The molecule has 0 fully saturated rings. The first kappa shape index (κ1) is 8.87. The third-order valence-corrected chi connectivity index (χ3v) is 1.69. The summed E-state index contributed by atoms with van der Waals surface area (Å²) in [7, 11) is 1.52. The maximum Gasteiger partial charge on any atom is 0.125 e. The smallest absolute Gasteiger partial charge is 0.125 e. The van der Waals surface area contributed by atoms with Crippen LogP contribution in [0.2, 0.25) is 0 Å². The molecule has 12 heavy (non-hydrogen) atoms. The fourth-order valence-electron chi connectivity index (χ4n) is 1.00. The van der Waals surface area contributed by atoms with Crippen LogP contribution >= 0.6 is 0 Å². The van der Waals surface area contributed by atoms with E-state index in [1.54, 1.807) is 19.1 Å². The van der Waals surface area contributed by atoms with Gasteiger partial charge in [-0.2, -0.15) is 0 Å². The van der Waals surface area contributed by atoms with Gasteiger partial charge in [0.05, 0.1) is 13.2 Å². The van der Waals surface area contributed by atoms with Crippen LogP contribution in [0.5, 0.6) is 11.5 Å². The summed E-state index contributed by atoms with van der Waals surface area (Å²) >= 11 is 0. The van der Waals surface area contributed by atoms with Gasteiger partial charge in [-0.3, -0.25) is 0 Å². The lowest BCUT2D eigenvalue weighted by Gasteiger charge is -2.08. The third-order valence-electron chi connectivity index (χ3n) is 1.69. The van der Waals surface area contributed by atoms with Gasteiger partial charge in [0.2, 0.25) is 0 Å². The fourth-order valence-corrected chi connectivity index (χ4v) is 1.00. The minimum Gasteiger partial charge on any atom is -0.507 e. The Labute approximate surface area is 71.2 Å². The highest BCUT2D eigenvalue weighted by Crippen LogP contribution is 2.27. The van der Waals surface area contributed by atoms with Gasteiger partial charge in [0.15, 0.2) is 0 Å². The third kappa shape index (κ3) is 1.68. The highest BCUT2D eigenvalue weighted by molar-refractivity contribution is 5.40. The summed E-state index contributed by atoms with van der Waals surface area (Å²) in [6.45, 7) is 1.60. The number of hydrogen-bond acceptors (Lipinski definition) is 3. The largest absolute Gasteiger partial charge is 0.507 e. The average molecular weight is 168 g/mol. The minimum atomic E-state index is -0.657. The normalized spacial score (nSPS) is 12.6. The summed E-state index contributed by atoms with van der Waals surface area (Å²) in [6.07, 6.45) is -0.657. The van der Waals surface area contributed by atoms with Crippen molar-refractivity contribution in [2.75, 3.05) is 7.11 Å². The van der Waals surface area contributed by atoms with Crippen LogP contribution in [0.25, 0.3) is 0 Å². The van der Waals surface area contributed by atoms with E-state index in [-0.39, 0.29) is 5.75 Å². The van der Waals surface area contributed by atoms with Crippen molar-refractivity contribution in [1.29, 1.82) is 0 Å². The molecule has 0 unspecified atom stereocenters. The van der Waals surface area contributed by atoms with E-state index in [2.05, 4.69) is 0 Å². The molecule has 0 amide bonds. The van der Waals surface area contributed by atoms with E-state index < -0.39 is 6.10 Å². The van der Waals surface area contributed by atoms with Gasteiger partial charge in [0.25, 0.3) is 0 Å². The van der Waals surface area contributed by atoms with Crippen molar-refractivity contribution in [2.24, 2.45) is 0 Å². The Morgan fingerprint density at radius 2 is 2.08 bits per heavy atom. The van der Waals surface area contributed by atoms with E-state index in [1.165, 1.54) is 13.2 Å². The Hall–Kier alpha value is -1.22. The molecule has 0 aliphatic rings. The van der Waals surface area contributed by atoms with Gasteiger partial charge < -0.3 is 14.9 Å². The number of methoxy groups -OCH3 is 1. The first-order valence-electron chi connectivity index (χ1n) is 3.70. The topological polar surface area (TPSA) is 49.7 Å². The SMILES string of the molecule is COc1ccc([C@H](C)O)c(O)c1. The molecule has 2 N–H and O–H groups in total. The first-order valence-corrected chi connectivity index (χ1v) is 3.70. The lowest BCUT2D eigenvalue weighted by atomic mass is 10.1. The van der Waals surface area contributed by atoms with Crippen molar-refractivity contribution in [1.82, 2.24) is 0 Å². The molecule has 0 radical (unpaired) electrons. The molecule has 66 valence electrons. The van der Waals surface area contributed by atoms with Crippen LogP contribution in [-0.4, -0.2) is 17.3 Å². The standard InChI is InChI=1S/C9H12O3/c1-6(10)8-4-3-7(12-2)5-9(8)11/h3-6,10-11H,1-2H3/t6-/m0/s1. The fraction of sp³-hybridized carbons (Fsp3) is 0.333. The highest BCUT2D eigenvalue weighted by Gasteiger charge is 2.07. The zero-order chi connectivity index (χ0) is 9.14. The van der Waals surface area contributed by atoms with E-state index in [9.17, 15) is 5.11 Å². The second-order valence-corrected chi connectivity index (χ2v) is 2.60. The molecule has 0 saturated heterocycles. The molecular weight excluding hydrogens is 156 g/mol. The van der Waals surface area contributed by atoms with E-state index in [0.29, 0.717) is 11.3 Å². The van der Waals surface area contributed by atoms with Crippen LogP contribution < -0.4 is 4.74 Å². The molecule has 0 bridgehead atoms. The minimum absolute atomic E-state index is 0.0596. The number of benzene rings is 1. The zero-order valence-corrected chi connectivity index (χ0v) is 7.11. The number of aliphatic hydroxyl groups is 1. The number of aromatic hydroxyl groups is 1. The van der Waals surface area contributed by atoms with E-state index in [1.807, 2.05) is 0 Å². The van der Waals surface area contributed by atoms with E-state index >= 15 is 0 Å². The Morgan fingerprint density at radius 3 is 2.50 bits per heavy atom. The molecule has 3 nitrogen and oxygen atoms in total. The molecule has 0 saturated carbocycles. The van der Waals surface area contributed by atoms with Crippen LogP contribution in [0, 0.1) is 0 Å². The van der Waals surface area contributed by atoms with Gasteiger partial charge in [0, 0.05) is 11.6 Å². The van der Waals surface area contributed by atoms with Crippen LogP contribution in [0.3, 0.4) is 0 Å². The Bertz CT molecular complexity index is 268. The summed E-state index contributed by atoms with van der Waals surface area (Å²) in [5.41, 5.74) is 0.510. The van der Waals surface area contributed by atoms with Crippen molar-refractivity contribution < 1.29 is 14.9 Å². The summed E-state index contributed by atoms with van der Waals surface area (Å²) in [5, 5.41) is 18.5. The number of rotatable bonds is 2. The van der Waals surface area contributed by atoms with Crippen molar-refractivity contribution in [3.8, 4) is 11.5 Å². The Kier molecular flexibility index (Phi) is 2.55. The van der Waals surface area contributed by atoms with Gasteiger partial charge in [-0.1, -0.05) is 0 Å². The second kappa shape index (κ2) is 3.45. The second-order valence-electron chi connectivity index (χ2n) is 2.60. The summed E-state index contributed by atoms with van der Waals surface area (Å²) < 4.78 is 4.89. The monoisotopic (exact) mass is 168 g/mol. The Balaban J connectivity index is 3.03. The number of aliphatic hydroxyl groups excluding tert-OH is 1. The van der Waals surface area contributed by atoms with E-state index in [0.717, 1.165) is 0 Å². The van der Waals surface area contributed by atoms with Crippen LogP contribution in [-0.2, 0) is 0 Å². The van der Waals surface area contributed by atoms with Crippen LogP contribution in [0.1, 0.15) is 18.6 Å². The molecule has 0 aliphatic carbocycles. The molecule has 0 spiro atoms. The molecule has 1 aromatic rings. The molecule has 0 aliphatic heterocycles. The molecule has 1 rings (SSSR count). The average Bonchev–Trinajstić information content (AvgIpc) is 2.03. The molecular formula is C9H12O3. The summed E-state index contributed by atoms with van der Waals surface area (Å²) in [5.74, 6) is 0.640.